The van der Waals surface area contributed by atoms with Gasteiger partial charge in [-0.1, -0.05) is 32.0 Å². The summed E-state index contributed by atoms with van der Waals surface area (Å²) in [6, 6.07) is 20.4. The van der Waals surface area contributed by atoms with Crippen molar-refractivity contribution in [1.82, 2.24) is 24.6 Å². The third-order valence-corrected chi connectivity index (χ3v) is 6.29. The van der Waals surface area contributed by atoms with E-state index in [2.05, 4.69) is 47.3 Å². The zero-order chi connectivity index (χ0) is 25.2. The van der Waals surface area contributed by atoms with Crippen LogP contribution in [0.25, 0.3) is 38.8 Å². The molecule has 5 aromatic rings. The minimum absolute atomic E-state index is 0.196. The molecule has 0 spiro atoms. The van der Waals surface area contributed by atoms with Crippen molar-refractivity contribution < 1.29 is 0 Å². The summed E-state index contributed by atoms with van der Waals surface area (Å²) in [5.41, 5.74) is 7.09. The van der Waals surface area contributed by atoms with Crippen LogP contribution in [-0.4, -0.2) is 51.8 Å². The molecule has 0 aliphatic carbocycles. The highest BCUT2D eigenvalue weighted by Gasteiger charge is 2.20. The van der Waals surface area contributed by atoms with E-state index in [9.17, 15) is 5.26 Å². The van der Waals surface area contributed by atoms with Gasteiger partial charge in [-0.3, -0.25) is 4.98 Å². The summed E-state index contributed by atoms with van der Waals surface area (Å²) in [7, 11) is 4.06. The van der Waals surface area contributed by atoms with Crippen LogP contribution in [-0.2, 0) is 0 Å². The summed E-state index contributed by atoms with van der Waals surface area (Å²) in [5, 5.41) is 20.2. The van der Waals surface area contributed by atoms with Gasteiger partial charge in [0.15, 0.2) is 5.65 Å². The minimum atomic E-state index is 0.196. The molecular formula is C29H29N7. The van der Waals surface area contributed by atoms with Gasteiger partial charge in [0.05, 0.1) is 33.5 Å². The lowest BCUT2D eigenvalue weighted by Crippen LogP contribution is -2.21. The van der Waals surface area contributed by atoms with Crippen molar-refractivity contribution >= 4 is 27.6 Å². The van der Waals surface area contributed by atoms with Gasteiger partial charge in [0.1, 0.15) is 6.07 Å². The fourth-order valence-corrected chi connectivity index (χ4v) is 4.43. The molecule has 1 N–H and O–H groups in total. The van der Waals surface area contributed by atoms with Gasteiger partial charge in [-0.2, -0.15) is 10.4 Å². The maximum atomic E-state index is 9.63. The number of benzene rings is 2. The van der Waals surface area contributed by atoms with Crippen molar-refractivity contribution in [2.75, 3.05) is 32.5 Å². The normalized spacial score (nSPS) is 11.5. The Morgan fingerprint density at radius 3 is 2.67 bits per heavy atom. The Kier molecular flexibility index (Phi) is 6.36. The molecule has 5 rings (SSSR count). The van der Waals surface area contributed by atoms with Crippen molar-refractivity contribution in [3.05, 3.63) is 78.2 Å². The first-order valence-electron chi connectivity index (χ1n) is 12.1. The fourth-order valence-electron chi connectivity index (χ4n) is 4.43. The Bertz CT molecular complexity index is 1590. The van der Waals surface area contributed by atoms with Crippen molar-refractivity contribution in [1.29, 1.82) is 5.26 Å². The number of hydrogen-bond acceptors (Lipinski definition) is 6. The van der Waals surface area contributed by atoms with Crippen LogP contribution in [0.2, 0.25) is 0 Å². The van der Waals surface area contributed by atoms with Crippen LogP contribution < -0.4 is 5.32 Å². The number of nitrogens with one attached hydrogen (secondary N) is 1. The van der Waals surface area contributed by atoms with E-state index in [-0.39, 0.29) is 5.92 Å². The lowest BCUT2D eigenvalue weighted by atomic mass is 9.98. The maximum absolute atomic E-state index is 9.63. The van der Waals surface area contributed by atoms with Crippen LogP contribution in [0.15, 0.2) is 67.0 Å². The smallest absolute Gasteiger partial charge is 0.163 e. The van der Waals surface area contributed by atoms with Gasteiger partial charge in [0, 0.05) is 36.4 Å². The molecule has 7 nitrogen and oxygen atoms in total. The van der Waals surface area contributed by atoms with Gasteiger partial charge < -0.3 is 10.2 Å². The van der Waals surface area contributed by atoms with E-state index in [0.717, 1.165) is 63.2 Å². The van der Waals surface area contributed by atoms with Crippen LogP contribution in [0.3, 0.4) is 0 Å². The van der Waals surface area contributed by atoms with Gasteiger partial charge in [0.2, 0.25) is 0 Å². The second kappa shape index (κ2) is 9.76. The molecule has 0 saturated heterocycles. The van der Waals surface area contributed by atoms with Crippen LogP contribution in [0.5, 0.6) is 0 Å². The van der Waals surface area contributed by atoms with E-state index < -0.39 is 0 Å². The SMILES string of the molecule is CC(C)c1nn(-c2ccc(C#N)c(NCCN(C)C)c2)c2nccc(-c3cnc4ccccc4c3)c12. The molecule has 2 aromatic carbocycles. The standard InChI is InChI=1S/C29H29N7/c1-19(2)28-27-24(22-15-20-7-5-6-8-25(20)33-18-22)11-12-32-29(27)36(34-28)23-10-9-21(17-30)26(16-23)31-13-14-35(3)4/h5-12,15-16,18-19,31H,13-14H2,1-4H3. The Labute approximate surface area is 211 Å². The first kappa shape index (κ1) is 23.5. The van der Waals surface area contributed by atoms with Crippen LogP contribution in [0.1, 0.15) is 31.0 Å². The molecule has 0 aliphatic rings. The molecule has 7 heteroatoms. The third kappa shape index (κ3) is 4.39. The zero-order valence-corrected chi connectivity index (χ0v) is 21.0. The average molecular weight is 476 g/mol. The summed E-state index contributed by atoms with van der Waals surface area (Å²) in [5.74, 6) is 0.196. The van der Waals surface area contributed by atoms with Crippen LogP contribution in [0, 0.1) is 11.3 Å². The number of likely N-dealkylation sites (N-methyl/N-ethyl adjacent to an activating group) is 1. The molecule has 0 fully saturated rings. The molecule has 0 atom stereocenters. The molecular weight excluding hydrogens is 446 g/mol. The molecule has 0 saturated carbocycles. The molecule has 180 valence electrons. The first-order valence-corrected chi connectivity index (χ1v) is 12.1. The van der Waals surface area contributed by atoms with E-state index in [0.29, 0.717) is 5.56 Å². The van der Waals surface area contributed by atoms with Crippen LogP contribution >= 0.6 is 0 Å². The highest BCUT2D eigenvalue weighted by Crippen LogP contribution is 2.35. The largest absolute Gasteiger partial charge is 0.383 e. The summed E-state index contributed by atoms with van der Waals surface area (Å²) in [6.07, 6.45) is 3.75. The quantitative estimate of drug-likeness (QED) is 0.330. The van der Waals surface area contributed by atoms with E-state index in [4.69, 9.17) is 10.1 Å². The average Bonchev–Trinajstić information content (AvgIpc) is 3.28. The second-order valence-electron chi connectivity index (χ2n) is 9.50. The van der Waals surface area contributed by atoms with E-state index in [1.807, 2.05) is 73.6 Å². The molecule has 0 aliphatic heterocycles. The van der Waals surface area contributed by atoms with Gasteiger partial charge in [-0.25, -0.2) is 9.67 Å². The summed E-state index contributed by atoms with van der Waals surface area (Å²) >= 11 is 0. The molecule has 0 amide bonds. The van der Waals surface area contributed by atoms with E-state index >= 15 is 0 Å². The summed E-state index contributed by atoms with van der Waals surface area (Å²) in [6.45, 7) is 5.89. The van der Waals surface area contributed by atoms with E-state index in [1.165, 1.54) is 0 Å². The maximum Gasteiger partial charge on any atom is 0.163 e. The molecule has 0 unspecified atom stereocenters. The fraction of sp³-hybridized carbons (Fsp3) is 0.241. The number of fused-ring (bicyclic) bond motifs is 2. The predicted molar refractivity (Wildman–Crippen MR) is 145 cm³/mol. The Morgan fingerprint density at radius 2 is 1.89 bits per heavy atom. The van der Waals surface area contributed by atoms with Crippen molar-refractivity contribution in [2.24, 2.45) is 0 Å². The molecule has 0 radical (unpaired) electrons. The van der Waals surface area contributed by atoms with Crippen molar-refractivity contribution in [2.45, 2.75) is 19.8 Å². The van der Waals surface area contributed by atoms with Crippen LogP contribution in [0.4, 0.5) is 5.69 Å². The second-order valence-corrected chi connectivity index (χ2v) is 9.50. The summed E-state index contributed by atoms with van der Waals surface area (Å²) < 4.78 is 1.89. The van der Waals surface area contributed by atoms with Gasteiger partial charge >= 0.3 is 0 Å². The lowest BCUT2D eigenvalue weighted by Gasteiger charge is -2.13. The number of rotatable bonds is 7. The highest BCUT2D eigenvalue weighted by atomic mass is 15.3. The molecule has 36 heavy (non-hydrogen) atoms. The summed E-state index contributed by atoms with van der Waals surface area (Å²) in [4.78, 5) is 11.5. The number of aromatic nitrogens is 4. The number of pyridine rings is 2. The topological polar surface area (TPSA) is 82.7 Å². The Hall–Kier alpha value is -4.28. The Morgan fingerprint density at radius 1 is 1.06 bits per heavy atom. The Balaban J connectivity index is 1.66. The van der Waals surface area contributed by atoms with Crippen molar-refractivity contribution in [3.8, 4) is 22.9 Å². The highest BCUT2D eigenvalue weighted by molar-refractivity contribution is 5.97. The monoisotopic (exact) mass is 475 g/mol. The van der Waals surface area contributed by atoms with Gasteiger partial charge in [-0.05, 0) is 62.0 Å². The molecule has 3 aromatic heterocycles. The number of nitriles is 1. The number of anilines is 1. The third-order valence-electron chi connectivity index (χ3n) is 6.29. The number of nitrogens with zero attached hydrogens (tertiary/aromatic N) is 6. The van der Waals surface area contributed by atoms with Gasteiger partial charge in [0.25, 0.3) is 0 Å². The molecule has 0 bridgehead atoms. The van der Waals surface area contributed by atoms with Gasteiger partial charge in [-0.15, -0.1) is 0 Å². The molecule has 3 heterocycles. The predicted octanol–water partition coefficient (Wildman–Crippen LogP) is 5.60. The van der Waals surface area contributed by atoms with Crippen molar-refractivity contribution in [3.63, 3.8) is 0 Å². The van der Waals surface area contributed by atoms with E-state index in [1.54, 1.807) is 0 Å². The first-order chi connectivity index (χ1) is 17.5. The number of hydrogen-bond donors (Lipinski definition) is 1. The number of para-hydroxylation sites is 1. The minimum Gasteiger partial charge on any atom is -0.383 e. The zero-order valence-electron chi connectivity index (χ0n) is 21.0. The lowest BCUT2D eigenvalue weighted by molar-refractivity contribution is 0.425.